The van der Waals surface area contributed by atoms with Gasteiger partial charge in [0.1, 0.15) is 0 Å². The molecule has 0 bridgehead atoms. The van der Waals surface area contributed by atoms with Crippen LogP contribution in [-0.2, 0) is 34.1 Å². The number of sulfone groups is 1. The third kappa shape index (κ3) is 7.27. The normalized spacial score (nSPS) is 18.1. The van der Waals surface area contributed by atoms with Gasteiger partial charge in [-0.2, -0.15) is 5.10 Å². The average molecular weight is 588 g/mol. The van der Waals surface area contributed by atoms with Crippen molar-refractivity contribution in [2.45, 2.75) is 25.9 Å². The van der Waals surface area contributed by atoms with Crippen molar-refractivity contribution in [3.05, 3.63) is 74.0 Å². The predicted octanol–water partition coefficient (Wildman–Crippen LogP) is 2.00. The number of aromatic amines is 1. The Balaban J connectivity index is 1.36. The lowest BCUT2D eigenvalue weighted by molar-refractivity contribution is 0.0342. The minimum Gasteiger partial charge on any atom is -0.379 e. The van der Waals surface area contributed by atoms with Gasteiger partial charge in [-0.05, 0) is 54.3 Å². The summed E-state index contributed by atoms with van der Waals surface area (Å²) in [5, 5.41) is 11.0. The van der Waals surface area contributed by atoms with E-state index in [9.17, 15) is 18.0 Å². The number of halogens is 1. The number of benzene rings is 2. The molecule has 2 aliphatic heterocycles. The van der Waals surface area contributed by atoms with E-state index >= 15 is 0 Å². The first-order chi connectivity index (χ1) is 19.3. The van der Waals surface area contributed by atoms with Gasteiger partial charge in [-0.1, -0.05) is 29.8 Å². The van der Waals surface area contributed by atoms with E-state index in [2.05, 4.69) is 31.4 Å². The van der Waals surface area contributed by atoms with Gasteiger partial charge in [-0.3, -0.25) is 19.6 Å². The van der Waals surface area contributed by atoms with E-state index in [4.69, 9.17) is 16.3 Å². The van der Waals surface area contributed by atoms with Gasteiger partial charge in [0, 0.05) is 44.3 Å². The smallest absolute Gasteiger partial charge is 0.276 e. The van der Waals surface area contributed by atoms with E-state index in [-0.39, 0.29) is 23.7 Å². The van der Waals surface area contributed by atoms with Crippen molar-refractivity contribution < 1.29 is 17.9 Å². The van der Waals surface area contributed by atoms with Gasteiger partial charge < -0.3 is 15.0 Å². The second kappa shape index (κ2) is 12.8. The Bertz CT molecular complexity index is 1510. The topological polar surface area (TPSA) is 125 Å². The molecule has 214 valence electrons. The molecule has 3 aromatic rings. The summed E-state index contributed by atoms with van der Waals surface area (Å²) in [6.45, 7) is 5.77. The number of amides is 1. The number of nitrogens with one attached hydrogen (secondary N) is 2. The lowest BCUT2D eigenvalue weighted by atomic mass is 10.0. The fraction of sp³-hybridized carbons (Fsp3) is 0.464. The standard InChI is InChI=1S/C28H34ClN5O5S/c29-23-5-3-20(4-6-23)18-30-28(36)26-27(35)24-17-21(19-34-8-12-39-13-9-34)16-22(25(24)31-32-26)2-1-7-33-10-14-40(37,38)15-11-33/h3-6,16-17H,1-2,7-15,18-19H2,(H,30,36)(H,31,35). The lowest BCUT2D eigenvalue weighted by Crippen LogP contribution is -2.40. The fourth-order valence-corrected chi connectivity index (χ4v) is 6.57. The average Bonchev–Trinajstić information content (AvgIpc) is 2.94. The first-order valence-electron chi connectivity index (χ1n) is 13.6. The number of hydrogen-bond donors (Lipinski definition) is 2. The van der Waals surface area contributed by atoms with Gasteiger partial charge in [0.05, 0.1) is 35.6 Å². The van der Waals surface area contributed by atoms with Crippen molar-refractivity contribution in [1.82, 2.24) is 25.3 Å². The Labute approximate surface area is 238 Å². The number of aromatic nitrogens is 2. The molecular formula is C28H34ClN5O5S. The Morgan fingerprint density at radius 1 is 1.02 bits per heavy atom. The summed E-state index contributed by atoms with van der Waals surface area (Å²) in [7, 11) is -2.92. The highest BCUT2D eigenvalue weighted by atomic mass is 35.5. The first kappa shape index (κ1) is 28.7. The monoisotopic (exact) mass is 587 g/mol. The molecule has 1 aromatic heterocycles. The third-order valence-corrected chi connectivity index (χ3v) is 9.33. The van der Waals surface area contributed by atoms with Crippen molar-refractivity contribution in [3.8, 4) is 0 Å². The zero-order valence-corrected chi connectivity index (χ0v) is 23.9. The second-order valence-electron chi connectivity index (χ2n) is 10.4. The van der Waals surface area contributed by atoms with Gasteiger partial charge >= 0.3 is 0 Å². The Kier molecular flexibility index (Phi) is 9.17. The predicted molar refractivity (Wildman–Crippen MR) is 154 cm³/mol. The summed E-state index contributed by atoms with van der Waals surface area (Å²) in [6, 6.07) is 11.1. The SMILES string of the molecule is O=C(NCc1ccc(Cl)cc1)c1n[nH]c2c(CCCN3CCS(=O)(=O)CC3)cc(CN3CCOCC3)cc2c1=O. The number of rotatable bonds is 9. The molecule has 0 radical (unpaired) electrons. The van der Waals surface area contributed by atoms with Crippen molar-refractivity contribution in [3.63, 3.8) is 0 Å². The summed E-state index contributed by atoms with van der Waals surface area (Å²) in [5.74, 6) is -0.144. The molecule has 0 aliphatic carbocycles. The number of carbonyl (C=O) groups excluding carboxylic acids is 1. The highest BCUT2D eigenvalue weighted by molar-refractivity contribution is 7.91. The number of ether oxygens (including phenoxy) is 1. The Morgan fingerprint density at radius 2 is 1.75 bits per heavy atom. The molecule has 0 unspecified atom stereocenters. The molecule has 0 saturated carbocycles. The number of fused-ring (bicyclic) bond motifs is 1. The first-order valence-corrected chi connectivity index (χ1v) is 15.8. The van der Waals surface area contributed by atoms with Crippen molar-refractivity contribution in [2.75, 3.05) is 57.4 Å². The molecule has 2 saturated heterocycles. The van der Waals surface area contributed by atoms with E-state index in [0.29, 0.717) is 55.2 Å². The van der Waals surface area contributed by atoms with E-state index in [1.54, 1.807) is 12.1 Å². The minimum absolute atomic E-state index is 0.175. The summed E-state index contributed by atoms with van der Waals surface area (Å²) in [4.78, 5) is 30.9. The van der Waals surface area contributed by atoms with Crippen LogP contribution in [0, 0.1) is 0 Å². The van der Waals surface area contributed by atoms with Crippen LogP contribution in [0.2, 0.25) is 5.02 Å². The van der Waals surface area contributed by atoms with Crippen LogP contribution in [0.4, 0.5) is 0 Å². The fourth-order valence-electron chi connectivity index (χ4n) is 5.16. The molecule has 2 fully saturated rings. The van der Waals surface area contributed by atoms with Crippen molar-refractivity contribution in [1.29, 1.82) is 0 Å². The number of nitrogens with zero attached hydrogens (tertiary/aromatic N) is 3. The lowest BCUT2D eigenvalue weighted by Gasteiger charge is -2.27. The molecule has 10 nitrogen and oxygen atoms in total. The van der Waals surface area contributed by atoms with E-state index < -0.39 is 21.2 Å². The number of H-pyrrole nitrogens is 1. The quantitative estimate of drug-likeness (QED) is 0.390. The van der Waals surface area contributed by atoms with Crippen LogP contribution >= 0.6 is 11.6 Å². The maximum Gasteiger partial charge on any atom is 0.276 e. The number of morpholine rings is 1. The highest BCUT2D eigenvalue weighted by Crippen LogP contribution is 2.21. The van der Waals surface area contributed by atoms with Gasteiger partial charge in [0.25, 0.3) is 5.91 Å². The van der Waals surface area contributed by atoms with Crippen LogP contribution in [0.1, 0.15) is 33.6 Å². The zero-order chi connectivity index (χ0) is 28.1. The van der Waals surface area contributed by atoms with Crippen LogP contribution in [0.15, 0.2) is 41.2 Å². The number of aryl methyl sites for hydroxylation is 1. The molecule has 0 atom stereocenters. The summed E-state index contributed by atoms with van der Waals surface area (Å²) in [5.41, 5.74) is 2.86. The van der Waals surface area contributed by atoms with Crippen LogP contribution in [0.5, 0.6) is 0 Å². The molecule has 12 heteroatoms. The van der Waals surface area contributed by atoms with Gasteiger partial charge in [0.15, 0.2) is 15.5 Å². The van der Waals surface area contributed by atoms with Crippen molar-refractivity contribution in [2.24, 2.45) is 0 Å². The van der Waals surface area contributed by atoms with E-state index in [1.165, 1.54) is 0 Å². The molecule has 0 spiro atoms. The van der Waals surface area contributed by atoms with Gasteiger partial charge in [0.2, 0.25) is 5.43 Å². The van der Waals surface area contributed by atoms with Gasteiger partial charge in [-0.25, -0.2) is 8.42 Å². The number of hydrogen-bond acceptors (Lipinski definition) is 8. The zero-order valence-electron chi connectivity index (χ0n) is 22.3. The van der Waals surface area contributed by atoms with Crippen LogP contribution in [-0.4, -0.2) is 91.8 Å². The second-order valence-corrected chi connectivity index (χ2v) is 13.1. The molecule has 2 aliphatic rings. The molecule has 3 heterocycles. The largest absolute Gasteiger partial charge is 0.379 e. The highest BCUT2D eigenvalue weighted by Gasteiger charge is 2.22. The minimum atomic E-state index is -2.92. The molecule has 2 aromatic carbocycles. The van der Waals surface area contributed by atoms with Crippen LogP contribution in [0.3, 0.4) is 0 Å². The summed E-state index contributed by atoms with van der Waals surface area (Å²) in [6.07, 6.45) is 1.50. The number of carbonyl (C=O) groups is 1. The van der Waals surface area contributed by atoms with Crippen LogP contribution in [0.25, 0.3) is 10.9 Å². The summed E-state index contributed by atoms with van der Waals surface area (Å²) < 4.78 is 29.0. The maximum atomic E-state index is 13.5. The van der Waals surface area contributed by atoms with E-state index in [0.717, 1.165) is 42.7 Å². The van der Waals surface area contributed by atoms with E-state index in [1.807, 2.05) is 18.2 Å². The van der Waals surface area contributed by atoms with Crippen LogP contribution < -0.4 is 10.7 Å². The maximum absolute atomic E-state index is 13.5. The Hall–Kier alpha value is -2.83. The molecule has 5 rings (SSSR count). The van der Waals surface area contributed by atoms with Gasteiger partial charge in [-0.15, -0.1) is 0 Å². The molecule has 40 heavy (non-hydrogen) atoms. The molecular weight excluding hydrogens is 554 g/mol. The Morgan fingerprint density at radius 3 is 2.48 bits per heavy atom. The van der Waals surface area contributed by atoms with Crippen molar-refractivity contribution >= 4 is 38.2 Å². The summed E-state index contributed by atoms with van der Waals surface area (Å²) >= 11 is 5.94. The third-order valence-electron chi connectivity index (χ3n) is 7.47. The molecule has 1 amide bonds. The molecule has 2 N–H and O–H groups in total.